The topological polar surface area (TPSA) is 107 Å². The Morgan fingerprint density at radius 1 is 1.32 bits per heavy atom. The van der Waals surface area contributed by atoms with Crippen LogP contribution in [0.4, 0.5) is 10.5 Å². The molecule has 132 valence electrons. The van der Waals surface area contributed by atoms with E-state index in [0.717, 1.165) is 16.9 Å². The number of aliphatic hydroxyl groups is 1. The molecule has 1 aromatic carbocycles. The van der Waals surface area contributed by atoms with Crippen LogP contribution in [0.2, 0.25) is 0 Å². The summed E-state index contributed by atoms with van der Waals surface area (Å²) in [5.41, 5.74) is 3.76. The smallest absolute Gasteiger partial charge is 0.322 e. The molecule has 1 aromatic heterocycles. The van der Waals surface area contributed by atoms with Crippen molar-refractivity contribution in [3.05, 3.63) is 29.6 Å². The van der Waals surface area contributed by atoms with Gasteiger partial charge in [-0.3, -0.25) is 4.79 Å². The van der Waals surface area contributed by atoms with Crippen molar-refractivity contribution >= 4 is 28.7 Å². The molecule has 1 atom stereocenters. The minimum Gasteiger partial charge on any atom is -0.396 e. The molecule has 3 N–H and O–H groups in total. The van der Waals surface area contributed by atoms with Gasteiger partial charge in [0.05, 0.1) is 22.4 Å². The minimum atomic E-state index is -0.663. The zero-order valence-corrected chi connectivity index (χ0v) is 14.2. The van der Waals surface area contributed by atoms with Crippen LogP contribution in [0.15, 0.2) is 18.2 Å². The van der Waals surface area contributed by atoms with Crippen LogP contribution >= 0.6 is 0 Å². The van der Waals surface area contributed by atoms with Crippen molar-refractivity contribution < 1.29 is 14.7 Å². The summed E-state index contributed by atoms with van der Waals surface area (Å²) in [7, 11) is 0. The van der Waals surface area contributed by atoms with E-state index in [1.54, 1.807) is 18.2 Å². The van der Waals surface area contributed by atoms with Crippen molar-refractivity contribution in [3.63, 3.8) is 0 Å². The SMILES string of the molecule is Cc1nc2ccc(NC(=O)N3CCNC(=O)[C@H]3CCO)cc2nc1C. The monoisotopic (exact) mass is 343 g/mol. The van der Waals surface area contributed by atoms with Crippen molar-refractivity contribution in [1.82, 2.24) is 20.2 Å². The number of aromatic nitrogens is 2. The third kappa shape index (κ3) is 3.53. The quantitative estimate of drug-likeness (QED) is 0.769. The first-order valence-corrected chi connectivity index (χ1v) is 8.21. The molecular formula is C17H21N5O3. The van der Waals surface area contributed by atoms with E-state index in [-0.39, 0.29) is 25.0 Å². The number of carbonyl (C=O) groups is 2. The number of amides is 3. The molecule has 1 saturated heterocycles. The molecule has 0 aliphatic carbocycles. The van der Waals surface area contributed by atoms with E-state index in [1.165, 1.54) is 4.90 Å². The molecule has 1 fully saturated rings. The van der Waals surface area contributed by atoms with Crippen LogP contribution in [0, 0.1) is 13.8 Å². The fourth-order valence-electron chi connectivity index (χ4n) is 2.87. The molecule has 2 aromatic rings. The zero-order chi connectivity index (χ0) is 18.0. The maximum atomic E-state index is 12.6. The third-order valence-electron chi connectivity index (χ3n) is 4.32. The number of rotatable bonds is 3. The summed E-state index contributed by atoms with van der Waals surface area (Å²) in [4.78, 5) is 34.9. The molecule has 0 bridgehead atoms. The van der Waals surface area contributed by atoms with Gasteiger partial charge in [-0.1, -0.05) is 0 Å². The van der Waals surface area contributed by atoms with Gasteiger partial charge in [0.15, 0.2) is 0 Å². The first-order valence-electron chi connectivity index (χ1n) is 8.21. The van der Waals surface area contributed by atoms with Crippen LogP contribution in [0.25, 0.3) is 11.0 Å². The summed E-state index contributed by atoms with van der Waals surface area (Å²) in [6.45, 7) is 4.43. The molecule has 3 rings (SSSR count). The summed E-state index contributed by atoms with van der Waals surface area (Å²) < 4.78 is 0. The van der Waals surface area contributed by atoms with Crippen molar-refractivity contribution in [1.29, 1.82) is 0 Å². The number of piperazine rings is 1. The number of urea groups is 1. The predicted molar refractivity (Wildman–Crippen MR) is 93.2 cm³/mol. The second-order valence-corrected chi connectivity index (χ2v) is 6.04. The maximum Gasteiger partial charge on any atom is 0.322 e. The lowest BCUT2D eigenvalue weighted by Gasteiger charge is -2.34. The molecule has 25 heavy (non-hydrogen) atoms. The van der Waals surface area contributed by atoms with Gasteiger partial charge in [-0.15, -0.1) is 0 Å². The average Bonchev–Trinajstić information content (AvgIpc) is 2.58. The molecule has 0 spiro atoms. The Morgan fingerprint density at radius 2 is 2.04 bits per heavy atom. The first-order chi connectivity index (χ1) is 12.0. The van der Waals surface area contributed by atoms with Gasteiger partial charge in [-0.25, -0.2) is 14.8 Å². The van der Waals surface area contributed by atoms with Gasteiger partial charge in [0.2, 0.25) is 5.91 Å². The number of fused-ring (bicyclic) bond motifs is 1. The number of nitrogens with one attached hydrogen (secondary N) is 2. The van der Waals surface area contributed by atoms with Crippen LogP contribution in [-0.4, -0.2) is 57.7 Å². The minimum absolute atomic E-state index is 0.161. The van der Waals surface area contributed by atoms with Crippen LogP contribution in [0.1, 0.15) is 17.8 Å². The predicted octanol–water partition coefficient (Wildman–Crippen LogP) is 0.961. The number of anilines is 1. The van der Waals surface area contributed by atoms with Crippen molar-refractivity contribution in [2.75, 3.05) is 25.0 Å². The molecule has 0 unspecified atom stereocenters. The normalized spacial score (nSPS) is 17.5. The number of hydrogen-bond acceptors (Lipinski definition) is 5. The van der Waals surface area contributed by atoms with Gasteiger partial charge in [0, 0.05) is 25.4 Å². The van der Waals surface area contributed by atoms with E-state index < -0.39 is 6.04 Å². The molecule has 2 heterocycles. The fraction of sp³-hybridized carbons (Fsp3) is 0.412. The molecular weight excluding hydrogens is 322 g/mol. The summed E-state index contributed by atoms with van der Waals surface area (Å²) in [5.74, 6) is -0.245. The highest BCUT2D eigenvalue weighted by Gasteiger charge is 2.32. The summed E-state index contributed by atoms with van der Waals surface area (Å²) in [6.07, 6.45) is 0.209. The van der Waals surface area contributed by atoms with Gasteiger partial charge in [-0.2, -0.15) is 0 Å². The molecule has 8 nitrogen and oxygen atoms in total. The highest BCUT2D eigenvalue weighted by atomic mass is 16.3. The molecule has 1 aliphatic heterocycles. The summed E-state index contributed by atoms with van der Waals surface area (Å²) in [6, 6.07) is 4.29. The number of nitrogens with zero attached hydrogens (tertiary/aromatic N) is 3. The first kappa shape index (κ1) is 17.1. The molecule has 0 radical (unpaired) electrons. The zero-order valence-electron chi connectivity index (χ0n) is 14.2. The average molecular weight is 343 g/mol. The fourth-order valence-corrected chi connectivity index (χ4v) is 2.87. The largest absolute Gasteiger partial charge is 0.396 e. The number of benzene rings is 1. The lowest BCUT2D eigenvalue weighted by molar-refractivity contribution is -0.128. The molecule has 0 saturated carbocycles. The number of hydrogen-bond donors (Lipinski definition) is 3. The Bertz CT molecular complexity index is 823. The second kappa shape index (κ2) is 7.02. The summed E-state index contributed by atoms with van der Waals surface area (Å²) in [5, 5.41) is 14.7. The Balaban J connectivity index is 1.81. The van der Waals surface area contributed by atoms with E-state index in [2.05, 4.69) is 20.6 Å². The van der Waals surface area contributed by atoms with Crippen molar-refractivity contribution in [3.8, 4) is 0 Å². The van der Waals surface area contributed by atoms with E-state index in [1.807, 2.05) is 13.8 Å². The van der Waals surface area contributed by atoms with Crippen LogP contribution in [0.3, 0.4) is 0 Å². The van der Waals surface area contributed by atoms with Gasteiger partial charge in [0.25, 0.3) is 0 Å². The van der Waals surface area contributed by atoms with Gasteiger partial charge >= 0.3 is 6.03 Å². The Labute approximate surface area is 145 Å². The number of aliphatic hydroxyl groups excluding tert-OH is 1. The highest BCUT2D eigenvalue weighted by Crippen LogP contribution is 2.19. The van der Waals surface area contributed by atoms with Crippen molar-refractivity contribution in [2.45, 2.75) is 26.3 Å². The van der Waals surface area contributed by atoms with Gasteiger partial charge in [-0.05, 0) is 38.5 Å². The van der Waals surface area contributed by atoms with E-state index in [9.17, 15) is 9.59 Å². The Morgan fingerprint density at radius 3 is 2.76 bits per heavy atom. The standard InChI is InChI=1S/C17H21N5O3/c1-10-11(2)20-14-9-12(3-4-13(14)19-10)21-17(25)22-7-6-18-16(24)15(22)5-8-23/h3-4,9,15,23H,5-8H2,1-2H3,(H,18,24)(H,21,25)/t15-/m1/s1. The Kier molecular flexibility index (Phi) is 4.80. The lowest BCUT2D eigenvalue weighted by atomic mass is 10.1. The van der Waals surface area contributed by atoms with Crippen LogP contribution in [-0.2, 0) is 4.79 Å². The molecule has 8 heteroatoms. The van der Waals surface area contributed by atoms with Crippen LogP contribution in [0.5, 0.6) is 0 Å². The maximum absolute atomic E-state index is 12.6. The highest BCUT2D eigenvalue weighted by molar-refractivity contribution is 5.95. The second-order valence-electron chi connectivity index (χ2n) is 6.04. The molecule has 1 aliphatic rings. The molecule has 3 amide bonds. The number of aryl methyl sites for hydroxylation is 2. The number of carbonyl (C=O) groups excluding carboxylic acids is 2. The van der Waals surface area contributed by atoms with Crippen LogP contribution < -0.4 is 10.6 Å². The van der Waals surface area contributed by atoms with Gasteiger partial charge in [0.1, 0.15) is 6.04 Å². The van der Waals surface area contributed by atoms with E-state index >= 15 is 0 Å². The van der Waals surface area contributed by atoms with E-state index in [0.29, 0.717) is 24.3 Å². The van der Waals surface area contributed by atoms with Crippen molar-refractivity contribution in [2.24, 2.45) is 0 Å². The summed E-state index contributed by atoms with van der Waals surface area (Å²) >= 11 is 0. The van der Waals surface area contributed by atoms with E-state index in [4.69, 9.17) is 5.11 Å². The lowest BCUT2D eigenvalue weighted by Crippen LogP contribution is -2.58. The van der Waals surface area contributed by atoms with Gasteiger partial charge < -0.3 is 20.6 Å². The third-order valence-corrected chi connectivity index (χ3v) is 4.32. The Hall–Kier alpha value is -2.74.